The first-order chi connectivity index (χ1) is 17.0. The van der Waals surface area contributed by atoms with Crippen molar-refractivity contribution in [3.05, 3.63) is 58.9 Å². The van der Waals surface area contributed by atoms with E-state index in [1.165, 1.54) is 24.0 Å². The molecule has 0 saturated heterocycles. The Balaban J connectivity index is 1.25. The molecule has 1 aliphatic carbocycles. The normalized spacial score (nSPS) is 13.4. The molecule has 0 radical (unpaired) electrons. The Kier molecular flexibility index (Phi) is 6.45. The van der Waals surface area contributed by atoms with Gasteiger partial charge in [0.25, 0.3) is 5.91 Å². The first-order valence-corrected chi connectivity index (χ1v) is 12.6. The third kappa shape index (κ3) is 4.88. The van der Waals surface area contributed by atoms with Crippen molar-refractivity contribution in [3.8, 4) is 0 Å². The van der Waals surface area contributed by atoms with Crippen molar-refractivity contribution in [1.29, 1.82) is 0 Å². The molecule has 0 spiro atoms. The topological polar surface area (TPSA) is 116 Å². The highest BCUT2D eigenvalue weighted by Gasteiger charge is 2.27. The molecule has 9 nitrogen and oxygen atoms in total. The van der Waals surface area contributed by atoms with E-state index in [0.29, 0.717) is 27.6 Å². The number of nitrogens with zero attached hydrogens (tertiary/aromatic N) is 4. The number of benzene rings is 1. The van der Waals surface area contributed by atoms with Gasteiger partial charge in [0.1, 0.15) is 10.7 Å². The minimum Gasteiger partial charge on any atom is -0.340 e. The van der Waals surface area contributed by atoms with Gasteiger partial charge in [-0.3, -0.25) is 14.7 Å². The summed E-state index contributed by atoms with van der Waals surface area (Å²) in [6.07, 6.45) is 6.88. The number of H-pyrrole nitrogens is 1. The van der Waals surface area contributed by atoms with Gasteiger partial charge in [-0.05, 0) is 56.9 Å². The van der Waals surface area contributed by atoms with E-state index in [1.54, 1.807) is 6.20 Å². The number of thiazole rings is 1. The van der Waals surface area contributed by atoms with Crippen LogP contribution in [-0.4, -0.2) is 49.5 Å². The van der Waals surface area contributed by atoms with Gasteiger partial charge in [0.05, 0.1) is 35.7 Å². The summed E-state index contributed by atoms with van der Waals surface area (Å²) in [5.74, 6) is 0.454. The summed E-state index contributed by atoms with van der Waals surface area (Å²) in [5.41, 5.74) is 3.24. The molecule has 10 heteroatoms. The van der Waals surface area contributed by atoms with E-state index in [-0.39, 0.29) is 18.2 Å². The molecule has 0 bridgehead atoms. The van der Waals surface area contributed by atoms with Gasteiger partial charge in [-0.15, -0.1) is 0 Å². The predicted octanol–water partition coefficient (Wildman–Crippen LogP) is 4.66. The molecule has 3 N–H and O–H groups in total. The molecule has 1 fully saturated rings. The number of hydrogen-bond donors (Lipinski definition) is 3. The summed E-state index contributed by atoms with van der Waals surface area (Å²) < 4.78 is 0. The van der Waals surface area contributed by atoms with Crippen molar-refractivity contribution >= 4 is 50.7 Å². The molecular weight excluding hydrogens is 462 g/mol. The zero-order chi connectivity index (χ0) is 24.4. The number of amides is 2. The SMILES string of the molecule is CCN(C(=O)Cc1cccc(Nc2ncc(C(=O)Nc3c(C)ccc4[nH]ncc34)s2)n1)C1CCC1. The highest BCUT2D eigenvalue weighted by molar-refractivity contribution is 7.17. The molecule has 0 atom stereocenters. The smallest absolute Gasteiger partial charge is 0.267 e. The standard InChI is InChI=1S/C25H27N7O2S/c1-3-32(17-7-5-8-17)22(33)12-16-6-4-9-21(28-16)29-25-26-14-20(35-25)24(34)30-23-15(2)10-11-19-18(23)13-27-31-19/h4,6,9-11,13-14,17H,3,5,7-8,12H2,1-2H3,(H,27,31)(H,30,34)(H,26,28,29). The van der Waals surface area contributed by atoms with Gasteiger partial charge in [-0.1, -0.05) is 23.5 Å². The van der Waals surface area contributed by atoms with Crippen molar-refractivity contribution in [3.63, 3.8) is 0 Å². The maximum atomic E-state index is 12.9. The number of hydrogen-bond acceptors (Lipinski definition) is 7. The fourth-order valence-corrected chi connectivity index (χ4v) is 4.97. The van der Waals surface area contributed by atoms with Gasteiger partial charge < -0.3 is 15.5 Å². The quantitative estimate of drug-likeness (QED) is 0.331. The Bertz CT molecular complexity index is 1380. The van der Waals surface area contributed by atoms with Crippen molar-refractivity contribution < 1.29 is 9.59 Å². The summed E-state index contributed by atoms with van der Waals surface area (Å²) in [5, 5.41) is 14.5. The first kappa shape index (κ1) is 23.0. The fourth-order valence-electron chi connectivity index (χ4n) is 4.25. The number of carbonyl (C=O) groups is 2. The Hall–Kier alpha value is -3.79. The second-order valence-corrected chi connectivity index (χ2v) is 9.68. The van der Waals surface area contributed by atoms with Crippen LogP contribution in [0.4, 0.5) is 16.6 Å². The molecule has 0 unspecified atom stereocenters. The number of anilines is 3. The largest absolute Gasteiger partial charge is 0.340 e. The van der Waals surface area contributed by atoms with E-state index in [2.05, 4.69) is 30.8 Å². The van der Waals surface area contributed by atoms with Crippen LogP contribution in [0.25, 0.3) is 10.9 Å². The number of aromatic nitrogens is 4. The Morgan fingerprint density at radius 3 is 2.83 bits per heavy atom. The number of rotatable bonds is 8. The van der Waals surface area contributed by atoms with Crippen molar-refractivity contribution in [1.82, 2.24) is 25.1 Å². The summed E-state index contributed by atoms with van der Waals surface area (Å²) in [6.45, 7) is 4.69. The number of likely N-dealkylation sites (N-methyl/N-ethyl adjacent to an activating group) is 1. The number of aryl methyl sites for hydroxylation is 1. The predicted molar refractivity (Wildman–Crippen MR) is 137 cm³/mol. The summed E-state index contributed by atoms with van der Waals surface area (Å²) in [7, 11) is 0. The number of carbonyl (C=O) groups excluding carboxylic acids is 2. The van der Waals surface area contributed by atoms with E-state index in [1.807, 2.05) is 49.1 Å². The lowest BCUT2D eigenvalue weighted by atomic mass is 9.91. The third-order valence-electron chi connectivity index (χ3n) is 6.35. The van der Waals surface area contributed by atoms with Gasteiger partial charge in [0, 0.05) is 18.0 Å². The number of nitrogens with one attached hydrogen (secondary N) is 3. The lowest BCUT2D eigenvalue weighted by Gasteiger charge is -2.37. The molecule has 1 aromatic carbocycles. The van der Waals surface area contributed by atoms with Crippen molar-refractivity contribution in [2.75, 3.05) is 17.2 Å². The van der Waals surface area contributed by atoms with E-state index >= 15 is 0 Å². The molecule has 4 aromatic rings. The van der Waals surface area contributed by atoms with Crippen LogP contribution in [0.3, 0.4) is 0 Å². The maximum absolute atomic E-state index is 12.9. The van der Waals surface area contributed by atoms with Gasteiger partial charge in [0.15, 0.2) is 5.13 Å². The summed E-state index contributed by atoms with van der Waals surface area (Å²) in [6, 6.07) is 9.79. The van der Waals surface area contributed by atoms with Crippen LogP contribution >= 0.6 is 11.3 Å². The van der Waals surface area contributed by atoms with Crippen LogP contribution in [0.1, 0.15) is 47.1 Å². The molecule has 3 aromatic heterocycles. The molecular formula is C25H27N7O2S. The lowest BCUT2D eigenvalue weighted by molar-refractivity contribution is -0.134. The second kappa shape index (κ2) is 9.83. The highest BCUT2D eigenvalue weighted by atomic mass is 32.1. The minimum atomic E-state index is -0.240. The Labute approximate surface area is 207 Å². The van der Waals surface area contributed by atoms with Crippen molar-refractivity contribution in [2.24, 2.45) is 0 Å². The van der Waals surface area contributed by atoms with E-state index in [9.17, 15) is 9.59 Å². The third-order valence-corrected chi connectivity index (χ3v) is 7.26. The van der Waals surface area contributed by atoms with Crippen LogP contribution in [0.15, 0.2) is 42.7 Å². The summed E-state index contributed by atoms with van der Waals surface area (Å²) in [4.78, 5) is 37.0. The van der Waals surface area contributed by atoms with Crippen molar-refractivity contribution in [2.45, 2.75) is 45.6 Å². The molecule has 0 aliphatic heterocycles. The van der Waals surface area contributed by atoms with Crippen LogP contribution in [0.2, 0.25) is 0 Å². The Morgan fingerprint density at radius 2 is 2.06 bits per heavy atom. The number of pyridine rings is 1. The fraction of sp³-hybridized carbons (Fsp3) is 0.320. The van der Waals surface area contributed by atoms with Crippen LogP contribution in [0.5, 0.6) is 0 Å². The van der Waals surface area contributed by atoms with E-state index < -0.39 is 0 Å². The van der Waals surface area contributed by atoms with E-state index in [0.717, 1.165) is 41.5 Å². The lowest BCUT2D eigenvalue weighted by Crippen LogP contribution is -2.44. The van der Waals surface area contributed by atoms with Crippen LogP contribution in [-0.2, 0) is 11.2 Å². The molecule has 5 rings (SSSR count). The molecule has 1 saturated carbocycles. The molecule has 3 heterocycles. The highest BCUT2D eigenvalue weighted by Crippen LogP contribution is 2.28. The average Bonchev–Trinajstić information content (AvgIpc) is 3.48. The molecule has 180 valence electrons. The summed E-state index contributed by atoms with van der Waals surface area (Å²) >= 11 is 1.24. The van der Waals surface area contributed by atoms with Gasteiger partial charge in [-0.25, -0.2) is 9.97 Å². The monoisotopic (exact) mass is 489 g/mol. The van der Waals surface area contributed by atoms with Crippen LogP contribution in [0, 0.1) is 6.92 Å². The zero-order valence-electron chi connectivity index (χ0n) is 19.7. The first-order valence-electron chi connectivity index (χ1n) is 11.7. The maximum Gasteiger partial charge on any atom is 0.267 e. The van der Waals surface area contributed by atoms with Gasteiger partial charge in [0.2, 0.25) is 5.91 Å². The molecule has 2 amide bonds. The molecule has 1 aliphatic rings. The van der Waals surface area contributed by atoms with Crippen LogP contribution < -0.4 is 10.6 Å². The second-order valence-electron chi connectivity index (χ2n) is 8.65. The van der Waals surface area contributed by atoms with Gasteiger partial charge in [-0.2, -0.15) is 5.10 Å². The number of fused-ring (bicyclic) bond motifs is 1. The number of aromatic amines is 1. The minimum absolute atomic E-state index is 0.109. The average molecular weight is 490 g/mol. The zero-order valence-corrected chi connectivity index (χ0v) is 20.5. The Morgan fingerprint density at radius 1 is 1.20 bits per heavy atom. The van der Waals surface area contributed by atoms with E-state index in [4.69, 9.17) is 0 Å². The van der Waals surface area contributed by atoms with Gasteiger partial charge >= 0.3 is 0 Å². The molecule has 35 heavy (non-hydrogen) atoms.